The molecule has 0 fully saturated rings. The second kappa shape index (κ2) is 11.4. The van der Waals surface area contributed by atoms with Gasteiger partial charge in [-0.3, -0.25) is 14.4 Å². The van der Waals surface area contributed by atoms with Gasteiger partial charge in [-0.25, -0.2) is 13.4 Å². The number of fused-ring (bicyclic) bond motifs is 1. The van der Waals surface area contributed by atoms with Crippen molar-refractivity contribution >= 4 is 71.5 Å². The lowest BCUT2D eigenvalue weighted by atomic mass is 10.2. The van der Waals surface area contributed by atoms with Crippen molar-refractivity contribution in [2.75, 3.05) is 36.8 Å². The zero-order valence-electron chi connectivity index (χ0n) is 20.5. The number of amides is 1. The third-order valence-corrected chi connectivity index (χ3v) is 8.50. The number of carbonyl (C=O) groups is 1. The van der Waals surface area contributed by atoms with Gasteiger partial charge in [0.25, 0.3) is 15.9 Å². The van der Waals surface area contributed by atoms with Gasteiger partial charge in [0.15, 0.2) is 5.13 Å². The summed E-state index contributed by atoms with van der Waals surface area (Å²) >= 11 is 13.5. The number of thiazole rings is 1. The standard InChI is InChI=1S/C26H26Cl2N4O3S2/c1-17-15-20(28)16-23-24(17)29-26(36-23)32(14-4-13-31(2)3)25(33)18-5-9-21(10-6-18)30-37(34,35)22-11-7-19(27)8-12-22/h5-12,15-16,30H,4,13-14H2,1-3H3. The van der Waals surface area contributed by atoms with Gasteiger partial charge in [-0.05, 0) is 100 Å². The molecule has 0 aliphatic heterocycles. The number of rotatable bonds is 9. The molecule has 194 valence electrons. The van der Waals surface area contributed by atoms with Gasteiger partial charge in [0, 0.05) is 27.8 Å². The average molecular weight is 578 g/mol. The second-order valence-corrected chi connectivity index (χ2v) is 12.4. The van der Waals surface area contributed by atoms with Crippen molar-refractivity contribution < 1.29 is 13.2 Å². The third-order valence-electron chi connectivity index (χ3n) is 5.61. The van der Waals surface area contributed by atoms with Crippen LogP contribution in [0.2, 0.25) is 10.0 Å². The van der Waals surface area contributed by atoms with Crippen molar-refractivity contribution in [3.05, 3.63) is 81.8 Å². The van der Waals surface area contributed by atoms with Gasteiger partial charge in [-0.2, -0.15) is 0 Å². The Kier molecular flexibility index (Phi) is 8.40. The molecule has 1 N–H and O–H groups in total. The van der Waals surface area contributed by atoms with Crippen molar-refractivity contribution in [2.45, 2.75) is 18.2 Å². The Morgan fingerprint density at radius 1 is 0.973 bits per heavy atom. The van der Waals surface area contributed by atoms with Gasteiger partial charge in [0.1, 0.15) is 0 Å². The maximum absolute atomic E-state index is 13.6. The smallest absolute Gasteiger partial charge is 0.261 e. The van der Waals surface area contributed by atoms with Crippen LogP contribution < -0.4 is 9.62 Å². The van der Waals surface area contributed by atoms with Crippen molar-refractivity contribution in [1.29, 1.82) is 0 Å². The molecule has 37 heavy (non-hydrogen) atoms. The van der Waals surface area contributed by atoms with Crippen molar-refractivity contribution in [3.63, 3.8) is 0 Å². The average Bonchev–Trinajstić information content (AvgIpc) is 3.26. The van der Waals surface area contributed by atoms with Crippen molar-refractivity contribution in [3.8, 4) is 0 Å². The van der Waals surface area contributed by atoms with Gasteiger partial charge in [-0.15, -0.1) is 0 Å². The van der Waals surface area contributed by atoms with Crippen LogP contribution in [-0.4, -0.2) is 51.4 Å². The van der Waals surface area contributed by atoms with E-state index in [4.69, 9.17) is 28.2 Å². The summed E-state index contributed by atoms with van der Waals surface area (Å²) in [5.41, 5.74) is 2.54. The van der Waals surface area contributed by atoms with Gasteiger partial charge in [0.2, 0.25) is 0 Å². The number of aryl methyl sites for hydroxylation is 1. The first-order chi connectivity index (χ1) is 17.5. The minimum atomic E-state index is -3.79. The molecule has 0 atom stereocenters. The Morgan fingerprint density at radius 3 is 2.30 bits per heavy atom. The van der Waals surface area contributed by atoms with E-state index in [1.165, 1.54) is 35.6 Å². The van der Waals surface area contributed by atoms with Crippen LogP contribution in [0.4, 0.5) is 10.8 Å². The molecule has 11 heteroatoms. The fraction of sp³-hybridized carbons (Fsp3) is 0.231. The summed E-state index contributed by atoms with van der Waals surface area (Å²) in [6, 6.07) is 16.0. The Balaban J connectivity index is 1.59. The van der Waals surface area contributed by atoms with Crippen LogP contribution in [0.3, 0.4) is 0 Å². The Hall–Kier alpha value is -2.69. The largest absolute Gasteiger partial charge is 0.309 e. The van der Waals surface area contributed by atoms with E-state index in [9.17, 15) is 13.2 Å². The number of hydrogen-bond donors (Lipinski definition) is 1. The van der Waals surface area contributed by atoms with E-state index < -0.39 is 10.0 Å². The lowest BCUT2D eigenvalue weighted by molar-refractivity contribution is 0.0986. The molecular weight excluding hydrogens is 551 g/mol. The molecule has 7 nitrogen and oxygen atoms in total. The molecule has 0 saturated heterocycles. The molecular formula is C26H26Cl2N4O3S2. The number of nitrogens with zero attached hydrogens (tertiary/aromatic N) is 3. The minimum Gasteiger partial charge on any atom is -0.309 e. The lowest BCUT2D eigenvalue weighted by Gasteiger charge is -2.21. The van der Waals surface area contributed by atoms with Crippen LogP contribution in [0, 0.1) is 6.92 Å². The molecule has 0 spiro atoms. The molecule has 0 bridgehead atoms. The molecule has 0 aliphatic carbocycles. The highest BCUT2D eigenvalue weighted by Gasteiger charge is 2.22. The minimum absolute atomic E-state index is 0.0929. The summed E-state index contributed by atoms with van der Waals surface area (Å²) in [5, 5.41) is 1.67. The van der Waals surface area contributed by atoms with E-state index in [-0.39, 0.29) is 10.8 Å². The number of aromatic nitrogens is 1. The zero-order chi connectivity index (χ0) is 26.7. The lowest BCUT2D eigenvalue weighted by Crippen LogP contribution is -2.33. The van der Waals surface area contributed by atoms with Crippen LogP contribution in [0.5, 0.6) is 0 Å². The molecule has 1 aromatic heterocycles. The monoisotopic (exact) mass is 576 g/mol. The summed E-state index contributed by atoms with van der Waals surface area (Å²) in [4.78, 5) is 22.2. The van der Waals surface area contributed by atoms with Gasteiger partial charge < -0.3 is 4.90 Å². The highest BCUT2D eigenvalue weighted by atomic mass is 35.5. The number of sulfonamides is 1. The van der Waals surface area contributed by atoms with Crippen LogP contribution in [0.25, 0.3) is 10.2 Å². The summed E-state index contributed by atoms with van der Waals surface area (Å²) in [5.74, 6) is -0.214. The van der Waals surface area contributed by atoms with Crippen molar-refractivity contribution in [2.24, 2.45) is 0 Å². The first-order valence-electron chi connectivity index (χ1n) is 11.5. The normalized spacial score (nSPS) is 11.7. The van der Waals surface area contributed by atoms with Crippen LogP contribution >= 0.6 is 34.5 Å². The first-order valence-corrected chi connectivity index (χ1v) is 14.5. The maximum atomic E-state index is 13.6. The highest BCUT2D eigenvalue weighted by molar-refractivity contribution is 7.92. The van der Waals surface area contributed by atoms with Crippen LogP contribution in [0.15, 0.2) is 65.6 Å². The number of benzene rings is 3. The molecule has 0 aliphatic rings. The number of nitrogens with one attached hydrogen (secondary N) is 1. The second-order valence-electron chi connectivity index (χ2n) is 8.82. The summed E-state index contributed by atoms with van der Waals surface area (Å²) in [7, 11) is 0.177. The molecule has 0 radical (unpaired) electrons. The fourth-order valence-corrected chi connectivity index (χ4v) is 6.38. The van der Waals surface area contributed by atoms with E-state index in [0.29, 0.717) is 33.0 Å². The predicted molar refractivity (Wildman–Crippen MR) is 153 cm³/mol. The number of anilines is 2. The third kappa shape index (κ3) is 6.61. The van der Waals surface area contributed by atoms with Gasteiger partial charge in [0.05, 0.1) is 15.1 Å². The van der Waals surface area contributed by atoms with Crippen LogP contribution in [0.1, 0.15) is 22.3 Å². The maximum Gasteiger partial charge on any atom is 0.261 e. The Morgan fingerprint density at radius 2 is 1.65 bits per heavy atom. The molecule has 4 aromatic rings. The van der Waals surface area contributed by atoms with Crippen molar-refractivity contribution in [1.82, 2.24) is 9.88 Å². The molecule has 4 rings (SSSR count). The molecule has 0 unspecified atom stereocenters. The summed E-state index contributed by atoms with van der Waals surface area (Å²) in [6.45, 7) is 3.24. The Bertz CT molecular complexity index is 1520. The molecule has 3 aromatic carbocycles. The van der Waals surface area contributed by atoms with E-state index in [1.807, 2.05) is 33.2 Å². The summed E-state index contributed by atoms with van der Waals surface area (Å²) < 4.78 is 28.8. The van der Waals surface area contributed by atoms with E-state index in [0.717, 1.165) is 28.7 Å². The highest BCUT2D eigenvalue weighted by Crippen LogP contribution is 2.34. The predicted octanol–water partition coefficient (Wildman–Crippen LogP) is 6.31. The van der Waals surface area contributed by atoms with E-state index in [1.54, 1.807) is 29.2 Å². The Labute approximate surface area is 230 Å². The summed E-state index contributed by atoms with van der Waals surface area (Å²) in [6.07, 6.45) is 0.757. The fourth-order valence-electron chi connectivity index (χ4n) is 3.75. The number of carbonyl (C=O) groups excluding carboxylic acids is 1. The topological polar surface area (TPSA) is 82.6 Å². The molecule has 1 heterocycles. The van der Waals surface area contributed by atoms with E-state index >= 15 is 0 Å². The quantitative estimate of drug-likeness (QED) is 0.252. The van der Waals surface area contributed by atoms with Gasteiger partial charge >= 0.3 is 0 Å². The van der Waals surface area contributed by atoms with Gasteiger partial charge in [-0.1, -0.05) is 34.5 Å². The van der Waals surface area contributed by atoms with E-state index in [2.05, 4.69) is 9.62 Å². The first kappa shape index (κ1) is 27.3. The molecule has 1 amide bonds. The number of hydrogen-bond acceptors (Lipinski definition) is 6. The SMILES string of the molecule is Cc1cc(Cl)cc2sc(N(CCCN(C)C)C(=O)c3ccc(NS(=O)(=O)c4ccc(Cl)cc4)cc3)nc12. The zero-order valence-corrected chi connectivity index (χ0v) is 23.7. The number of halogens is 2. The molecule has 0 saturated carbocycles. The van der Waals surface area contributed by atoms with Crippen LogP contribution in [-0.2, 0) is 10.0 Å².